The maximum Gasteiger partial charge on any atom is 0.319 e. The number of aromatic nitrogens is 1. The van der Waals surface area contributed by atoms with Crippen LogP contribution < -0.4 is 10.6 Å². The van der Waals surface area contributed by atoms with Crippen LogP contribution in [0.1, 0.15) is 11.1 Å². The van der Waals surface area contributed by atoms with Gasteiger partial charge in [0.25, 0.3) is 0 Å². The summed E-state index contributed by atoms with van der Waals surface area (Å²) in [6.45, 7) is 2.56. The summed E-state index contributed by atoms with van der Waals surface area (Å²) < 4.78 is 0. The number of hydrogen-bond donors (Lipinski definition) is 3. The summed E-state index contributed by atoms with van der Waals surface area (Å²) in [5.41, 5.74) is 4.13. The Balaban J connectivity index is 1.55. The van der Waals surface area contributed by atoms with E-state index in [4.69, 9.17) is 11.6 Å². The molecule has 1 heterocycles. The van der Waals surface area contributed by atoms with E-state index in [1.165, 1.54) is 0 Å². The van der Waals surface area contributed by atoms with Crippen LogP contribution in [0.5, 0.6) is 0 Å². The number of amides is 2. The molecule has 0 saturated heterocycles. The van der Waals surface area contributed by atoms with Gasteiger partial charge in [0.05, 0.1) is 0 Å². The molecule has 3 N–H and O–H groups in total. The largest absolute Gasteiger partial charge is 0.361 e. The van der Waals surface area contributed by atoms with Crippen LogP contribution in [0.15, 0.2) is 48.7 Å². The summed E-state index contributed by atoms with van der Waals surface area (Å²) in [7, 11) is 0. The van der Waals surface area contributed by atoms with E-state index >= 15 is 0 Å². The number of halogens is 1. The normalized spacial score (nSPS) is 10.7. The van der Waals surface area contributed by atoms with Crippen molar-refractivity contribution >= 4 is 34.2 Å². The Kier molecular flexibility index (Phi) is 4.53. The zero-order valence-corrected chi connectivity index (χ0v) is 13.6. The number of carbonyl (C=O) groups is 1. The van der Waals surface area contributed by atoms with E-state index in [0.29, 0.717) is 11.6 Å². The Bertz CT molecular complexity index is 824. The summed E-state index contributed by atoms with van der Waals surface area (Å²) in [4.78, 5) is 15.1. The monoisotopic (exact) mass is 327 g/mol. The van der Waals surface area contributed by atoms with E-state index in [1.807, 2.05) is 55.6 Å². The number of hydrogen-bond acceptors (Lipinski definition) is 1. The Morgan fingerprint density at radius 1 is 1.17 bits per heavy atom. The van der Waals surface area contributed by atoms with Gasteiger partial charge < -0.3 is 15.6 Å². The van der Waals surface area contributed by atoms with Gasteiger partial charge >= 0.3 is 6.03 Å². The van der Waals surface area contributed by atoms with E-state index in [1.54, 1.807) is 0 Å². The lowest BCUT2D eigenvalue weighted by atomic mass is 10.1. The van der Waals surface area contributed by atoms with E-state index < -0.39 is 0 Å². The molecule has 5 heteroatoms. The molecule has 0 fully saturated rings. The molecule has 0 aliphatic heterocycles. The Morgan fingerprint density at radius 3 is 2.74 bits per heavy atom. The highest BCUT2D eigenvalue weighted by Gasteiger charge is 2.06. The minimum atomic E-state index is -0.202. The van der Waals surface area contributed by atoms with Crippen molar-refractivity contribution in [3.63, 3.8) is 0 Å². The number of aryl methyl sites for hydroxylation is 1. The van der Waals surface area contributed by atoms with Gasteiger partial charge in [0.2, 0.25) is 0 Å². The highest BCUT2D eigenvalue weighted by molar-refractivity contribution is 6.31. The van der Waals surface area contributed by atoms with Gasteiger partial charge in [0.1, 0.15) is 0 Å². The van der Waals surface area contributed by atoms with Crippen LogP contribution in [0.25, 0.3) is 10.9 Å². The molecule has 0 radical (unpaired) electrons. The summed E-state index contributed by atoms with van der Waals surface area (Å²) in [5.74, 6) is 0. The van der Waals surface area contributed by atoms with Crippen LogP contribution in [-0.2, 0) is 6.42 Å². The number of benzene rings is 2. The highest BCUT2D eigenvalue weighted by atomic mass is 35.5. The number of carbonyl (C=O) groups excluding carboxylic acids is 1. The van der Waals surface area contributed by atoms with Crippen molar-refractivity contribution in [2.45, 2.75) is 13.3 Å². The maximum absolute atomic E-state index is 11.9. The molecule has 1 aromatic heterocycles. The first-order chi connectivity index (χ1) is 11.1. The molecule has 2 aromatic carbocycles. The lowest BCUT2D eigenvalue weighted by Gasteiger charge is -2.07. The first-order valence-corrected chi connectivity index (χ1v) is 7.86. The third-order valence-corrected chi connectivity index (χ3v) is 3.95. The molecule has 0 aliphatic carbocycles. The predicted octanol–water partition coefficient (Wildman–Crippen LogP) is 4.49. The second-order valence-corrected chi connectivity index (χ2v) is 5.94. The topological polar surface area (TPSA) is 56.9 Å². The molecule has 0 spiro atoms. The zero-order chi connectivity index (χ0) is 16.2. The summed E-state index contributed by atoms with van der Waals surface area (Å²) >= 11 is 6.04. The minimum Gasteiger partial charge on any atom is -0.361 e. The fraction of sp³-hybridized carbons (Fsp3) is 0.167. The molecule has 0 unspecified atom stereocenters. The number of anilines is 1. The average Bonchev–Trinajstić information content (AvgIpc) is 2.92. The molecule has 0 atom stereocenters. The van der Waals surface area contributed by atoms with E-state index in [0.717, 1.165) is 34.1 Å². The Hall–Kier alpha value is -2.46. The number of nitrogens with one attached hydrogen (secondary N) is 3. The van der Waals surface area contributed by atoms with E-state index in [2.05, 4.69) is 15.6 Å². The summed E-state index contributed by atoms with van der Waals surface area (Å²) in [5, 5.41) is 7.49. The predicted molar refractivity (Wildman–Crippen MR) is 95.2 cm³/mol. The molecule has 23 heavy (non-hydrogen) atoms. The molecular weight excluding hydrogens is 310 g/mol. The quantitative estimate of drug-likeness (QED) is 0.649. The van der Waals surface area contributed by atoms with Crippen molar-refractivity contribution in [1.82, 2.24) is 10.3 Å². The van der Waals surface area contributed by atoms with Crippen LogP contribution in [0.3, 0.4) is 0 Å². The fourth-order valence-corrected chi connectivity index (χ4v) is 2.65. The van der Waals surface area contributed by atoms with Gasteiger partial charge in [-0.1, -0.05) is 29.3 Å². The Labute approximate surface area is 139 Å². The summed E-state index contributed by atoms with van der Waals surface area (Å²) in [6.07, 6.45) is 2.70. The minimum absolute atomic E-state index is 0.202. The van der Waals surface area contributed by atoms with E-state index in [9.17, 15) is 4.79 Å². The van der Waals surface area contributed by atoms with Crippen molar-refractivity contribution in [1.29, 1.82) is 0 Å². The van der Waals surface area contributed by atoms with Crippen LogP contribution in [0, 0.1) is 6.92 Å². The van der Waals surface area contributed by atoms with Crippen molar-refractivity contribution in [3.05, 3.63) is 64.8 Å². The Morgan fingerprint density at radius 2 is 1.96 bits per heavy atom. The molecule has 4 nitrogen and oxygen atoms in total. The molecule has 2 amide bonds. The van der Waals surface area contributed by atoms with Gasteiger partial charge in [-0.2, -0.15) is 0 Å². The van der Waals surface area contributed by atoms with Crippen molar-refractivity contribution in [2.75, 3.05) is 11.9 Å². The average molecular weight is 328 g/mol. The second-order valence-electron chi connectivity index (χ2n) is 5.50. The van der Waals surface area contributed by atoms with Crippen LogP contribution in [0.4, 0.5) is 10.5 Å². The van der Waals surface area contributed by atoms with E-state index in [-0.39, 0.29) is 6.03 Å². The molecule has 3 aromatic rings. The molecule has 0 saturated carbocycles. The molecule has 0 aliphatic rings. The SMILES string of the molecule is Cc1ccc(NC(=O)NCCc2c[nH]c3ccc(Cl)cc23)cc1. The van der Waals surface area contributed by atoms with Gasteiger partial charge in [-0.15, -0.1) is 0 Å². The van der Waals surface area contributed by atoms with Crippen LogP contribution >= 0.6 is 11.6 Å². The third kappa shape index (κ3) is 3.85. The van der Waals surface area contributed by atoms with Crippen molar-refractivity contribution in [2.24, 2.45) is 0 Å². The lowest BCUT2D eigenvalue weighted by Crippen LogP contribution is -2.30. The van der Waals surface area contributed by atoms with Crippen molar-refractivity contribution < 1.29 is 4.79 Å². The summed E-state index contributed by atoms with van der Waals surface area (Å²) in [6, 6.07) is 13.3. The molecule has 3 rings (SSSR count). The number of fused-ring (bicyclic) bond motifs is 1. The van der Waals surface area contributed by atoms with Gasteiger partial charge in [-0.25, -0.2) is 4.79 Å². The van der Waals surface area contributed by atoms with Gasteiger partial charge in [0.15, 0.2) is 0 Å². The lowest BCUT2D eigenvalue weighted by molar-refractivity contribution is 0.252. The second kappa shape index (κ2) is 6.75. The van der Waals surface area contributed by atoms with Crippen LogP contribution in [0.2, 0.25) is 5.02 Å². The maximum atomic E-state index is 11.9. The van der Waals surface area contributed by atoms with Gasteiger partial charge in [-0.3, -0.25) is 0 Å². The fourth-order valence-electron chi connectivity index (χ4n) is 2.48. The molecular formula is C18H18ClN3O. The van der Waals surface area contributed by atoms with Gasteiger partial charge in [0, 0.05) is 34.4 Å². The number of H-pyrrole nitrogens is 1. The first kappa shape index (κ1) is 15.4. The first-order valence-electron chi connectivity index (χ1n) is 7.49. The zero-order valence-electron chi connectivity index (χ0n) is 12.8. The number of urea groups is 1. The third-order valence-electron chi connectivity index (χ3n) is 3.72. The van der Waals surface area contributed by atoms with Crippen molar-refractivity contribution in [3.8, 4) is 0 Å². The van der Waals surface area contributed by atoms with Gasteiger partial charge in [-0.05, 0) is 49.2 Å². The van der Waals surface area contributed by atoms with Crippen LogP contribution in [-0.4, -0.2) is 17.6 Å². The standard InChI is InChI=1S/C18H18ClN3O/c1-12-2-5-15(6-3-12)22-18(23)20-9-8-13-11-21-17-7-4-14(19)10-16(13)17/h2-7,10-11,21H,8-9H2,1H3,(H2,20,22,23). The molecule has 118 valence electrons. The highest BCUT2D eigenvalue weighted by Crippen LogP contribution is 2.22. The smallest absolute Gasteiger partial charge is 0.319 e. The number of aromatic amines is 1. The molecule has 0 bridgehead atoms. The number of rotatable bonds is 4.